The van der Waals surface area contributed by atoms with Crippen molar-refractivity contribution < 1.29 is 14.6 Å². The lowest BCUT2D eigenvalue weighted by Crippen LogP contribution is -2.29. The van der Waals surface area contributed by atoms with Crippen LogP contribution in [0, 0.1) is 11.8 Å². The number of fused-ring (bicyclic) bond motifs is 1. The molecule has 1 saturated heterocycles. The molecule has 0 aromatic carbocycles. The van der Waals surface area contributed by atoms with Crippen LogP contribution in [-0.4, -0.2) is 23.3 Å². The number of rotatable bonds is 0. The maximum Gasteiger partial charge on any atom is 0.309 e. The third kappa shape index (κ3) is 1.27. The van der Waals surface area contributed by atoms with E-state index in [1.165, 1.54) is 0 Å². The zero-order chi connectivity index (χ0) is 9.59. The summed E-state index contributed by atoms with van der Waals surface area (Å²) < 4.78 is 5.17. The van der Waals surface area contributed by atoms with E-state index in [9.17, 15) is 9.90 Å². The van der Waals surface area contributed by atoms with Gasteiger partial charge >= 0.3 is 5.97 Å². The summed E-state index contributed by atoms with van der Waals surface area (Å²) in [6.45, 7) is 3.74. The van der Waals surface area contributed by atoms with E-state index in [0.29, 0.717) is 6.42 Å². The summed E-state index contributed by atoms with van der Waals surface area (Å²) in [5, 5.41) is 9.59. The van der Waals surface area contributed by atoms with Gasteiger partial charge in [0.2, 0.25) is 0 Å². The maximum atomic E-state index is 11.2. The van der Waals surface area contributed by atoms with Crippen molar-refractivity contribution in [1.29, 1.82) is 0 Å². The number of aliphatic hydroxyl groups excluding tert-OH is 1. The van der Waals surface area contributed by atoms with E-state index >= 15 is 0 Å². The molecule has 1 fully saturated rings. The number of hydrogen-bond acceptors (Lipinski definition) is 3. The molecule has 3 heteroatoms. The van der Waals surface area contributed by atoms with Gasteiger partial charge in [-0.15, -0.1) is 0 Å². The Labute approximate surface area is 77.4 Å². The first-order valence-corrected chi connectivity index (χ1v) is 4.66. The van der Waals surface area contributed by atoms with Crippen LogP contribution in [0.4, 0.5) is 0 Å². The molecule has 72 valence electrons. The first kappa shape index (κ1) is 8.75. The van der Waals surface area contributed by atoms with E-state index in [0.717, 1.165) is 5.57 Å². The molecular formula is C10H14O3. The Morgan fingerprint density at radius 1 is 1.62 bits per heavy atom. The Balaban J connectivity index is 2.25. The summed E-state index contributed by atoms with van der Waals surface area (Å²) in [4.78, 5) is 11.2. The molecule has 1 aliphatic heterocycles. The highest BCUT2D eigenvalue weighted by Gasteiger charge is 2.43. The predicted octanol–water partition coefficient (Wildman–Crippen LogP) is 0.875. The maximum absolute atomic E-state index is 11.2. The normalized spacial score (nSPS) is 43.9. The average Bonchev–Trinajstić information content (AvgIpc) is 2.32. The van der Waals surface area contributed by atoms with Crippen LogP contribution in [0.1, 0.15) is 20.3 Å². The highest BCUT2D eigenvalue weighted by atomic mass is 16.6. The summed E-state index contributed by atoms with van der Waals surface area (Å²) in [7, 11) is 0. The van der Waals surface area contributed by atoms with Crippen molar-refractivity contribution in [2.75, 3.05) is 0 Å². The van der Waals surface area contributed by atoms with Gasteiger partial charge in [-0.1, -0.05) is 6.92 Å². The van der Waals surface area contributed by atoms with Crippen molar-refractivity contribution in [3.8, 4) is 0 Å². The molecule has 2 rings (SSSR count). The van der Waals surface area contributed by atoms with Gasteiger partial charge in [-0.05, 0) is 25.0 Å². The van der Waals surface area contributed by atoms with Crippen molar-refractivity contribution in [3.05, 3.63) is 11.6 Å². The molecule has 0 aromatic rings. The number of aliphatic hydroxyl groups is 1. The summed E-state index contributed by atoms with van der Waals surface area (Å²) in [5.41, 5.74) is 0.920. The highest BCUT2D eigenvalue weighted by molar-refractivity contribution is 5.75. The quantitative estimate of drug-likeness (QED) is 0.446. The average molecular weight is 182 g/mol. The van der Waals surface area contributed by atoms with Crippen LogP contribution in [0.3, 0.4) is 0 Å². The summed E-state index contributed by atoms with van der Waals surface area (Å²) >= 11 is 0. The van der Waals surface area contributed by atoms with Crippen molar-refractivity contribution in [1.82, 2.24) is 0 Å². The van der Waals surface area contributed by atoms with Crippen LogP contribution in [0.15, 0.2) is 11.6 Å². The molecule has 3 nitrogen and oxygen atoms in total. The summed E-state index contributed by atoms with van der Waals surface area (Å²) in [5.74, 6) is -0.0247. The minimum absolute atomic E-state index is 0.0657. The van der Waals surface area contributed by atoms with E-state index in [1.54, 1.807) is 0 Å². The molecule has 0 spiro atoms. The minimum atomic E-state index is -0.391. The van der Waals surface area contributed by atoms with Gasteiger partial charge in [0.25, 0.3) is 0 Å². The molecule has 4 unspecified atom stereocenters. The Hall–Kier alpha value is -0.830. The van der Waals surface area contributed by atoms with Crippen molar-refractivity contribution in [3.63, 3.8) is 0 Å². The Bertz CT molecular complexity index is 269. The molecule has 1 N–H and O–H groups in total. The Morgan fingerprint density at radius 2 is 2.31 bits per heavy atom. The largest absolute Gasteiger partial charge is 0.458 e. The highest BCUT2D eigenvalue weighted by Crippen LogP contribution is 2.37. The summed E-state index contributed by atoms with van der Waals surface area (Å²) in [6.07, 6.45) is 2.05. The first-order valence-electron chi connectivity index (χ1n) is 4.66. The number of carbonyl (C=O) groups is 1. The molecule has 0 radical (unpaired) electrons. The molecule has 4 atom stereocenters. The lowest BCUT2D eigenvalue weighted by molar-refractivity contribution is -0.142. The smallest absolute Gasteiger partial charge is 0.309 e. The van der Waals surface area contributed by atoms with Gasteiger partial charge < -0.3 is 9.84 Å². The molecule has 1 heterocycles. The molecule has 0 aromatic heterocycles. The SMILES string of the molecule is CC1=CC2OC(=O)C(C)C2CC1O. The van der Waals surface area contributed by atoms with Crippen molar-refractivity contribution in [2.24, 2.45) is 11.8 Å². The van der Waals surface area contributed by atoms with Crippen LogP contribution >= 0.6 is 0 Å². The van der Waals surface area contributed by atoms with Crippen molar-refractivity contribution in [2.45, 2.75) is 32.5 Å². The lowest BCUT2D eigenvalue weighted by atomic mass is 9.80. The van der Waals surface area contributed by atoms with E-state index in [4.69, 9.17) is 4.74 Å². The molecule has 0 amide bonds. The Kier molecular flexibility index (Phi) is 1.91. The second-order valence-electron chi connectivity index (χ2n) is 4.02. The zero-order valence-corrected chi connectivity index (χ0v) is 7.86. The zero-order valence-electron chi connectivity index (χ0n) is 7.86. The molecule has 0 saturated carbocycles. The van der Waals surface area contributed by atoms with E-state index < -0.39 is 6.10 Å². The lowest BCUT2D eigenvalue weighted by Gasteiger charge is -2.26. The second-order valence-corrected chi connectivity index (χ2v) is 4.02. The second kappa shape index (κ2) is 2.84. The van der Waals surface area contributed by atoms with Crippen LogP contribution in [-0.2, 0) is 9.53 Å². The molecule has 0 bridgehead atoms. The van der Waals surface area contributed by atoms with E-state index in [2.05, 4.69) is 0 Å². The Morgan fingerprint density at radius 3 is 3.00 bits per heavy atom. The first-order chi connectivity index (χ1) is 6.09. The van der Waals surface area contributed by atoms with Crippen LogP contribution in [0.2, 0.25) is 0 Å². The number of esters is 1. The fraction of sp³-hybridized carbons (Fsp3) is 0.700. The van der Waals surface area contributed by atoms with Gasteiger partial charge in [0.15, 0.2) is 0 Å². The summed E-state index contributed by atoms with van der Waals surface area (Å²) in [6, 6.07) is 0. The third-order valence-electron chi connectivity index (χ3n) is 3.14. The predicted molar refractivity (Wildman–Crippen MR) is 46.9 cm³/mol. The van der Waals surface area contributed by atoms with Crippen LogP contribution in [0.25, 0.3) is 0 Å². The van der Waals surface area contributed by atoms with Crippen LogP contribution in [0.5, 0.6) is 0 Å². The third-order valence-corrected chi connectivity index (χ3v) is 3.14. The van der Waals surface area contributed by atoms with Gasteiger partial charge in [-0.2, -0.15) is 0 Å². The number of carbonyl (C=O) groups excluding carboxylic acids is 1. The number of ether oxygens (including phenoxy) is 1. The van der Waals surface area contributed by atoms with Crippen LogP contribution < -0.4 is 0 Å². The van der Waals surface area contributed by atoms with Gasteiger partial charge in [0, 0.05) is 5.92 Å². The topological polar surface area (TPSA) is 46.5 Å². The fourth-order valence-electron chi connectivity index (χ4n) is 2.10. The molecule has 2 aliphatic rings. The molecular weight excluding hydrogens is 168 g/mol. The number of hydrogen-bond donors (Lipinski definition) is 1. The van der Waals surface area contributed by atoms with Gasteiger partial charge in [0.05, 0.1) is 12.0 Å². The van der Waals surface area contributed by atoms with Gasteiger partial charge in [0.1, 0.15) is 6.10 Å². The van der Waals surface area contributed by atoms with Crippen molar-refractivity contribution >= 4 is 5.97 Å². The van der Waals surface area contributed by atoms with E-state index in [1.807, 2.05) is 19.9 Å². The standard InChI is InChI=1S/C10H14O3/c1-5-3-9-7(4-8(5)11)6(2)10(12)13-9/h3,6-9,11H,4H2,1-2H3. The van der Waals surface area contributed by atoms with E-state index in [-0.39, 0.29) is 23.9 Å². The monoisotopic (exact) mass is 182 g/mol. The molecule has 13 heavy (non-hydrogen) atoms. The van der Waals surface area contributed by atoms with Gasteiger partial charge in [-0.3, -0.25) is 4.79 Å². The van der Waals surface area contributed by atoms with Gasteiger partial charge in [-0.25, -0.2) is 0 Å². The minimum Gasteiger partial charge on any atom is -0.458 e. The molecule has 1 aliphatic carbocycles. The fourth-order valence-corrected chi connectivity index (χ4v) is 2.10.